The highest BCUT2D eigenvalue weighted by molar-refractivity contribution is 5.96. The maximum absolute atomic E-state index is 12.2. The lowest BCUT2D eigenvalue weighted by molar-refractivity contribution is -0.384. The molecule has 2 N–H and O–H groups in total. The van der Waals surface area contributed by atoms with Crippen LogP contribution in [0.3, 0.4) is 0 Å². The van der Waals surface area contributed by atoms with Crippen LogP contribution in [0.15, 0.2) is 54.6 Å². The molecule has 8 nitrogen and oxygen atoms in total. The van der Waals surface area contributed by atoms with Crippen LogP contribution in [0.4, 0.5) is 5.69 Å². The van der Waals surface area contributed by atoms with Crippen molar-refractivity contribution in [2.45, 2.75) is 19.9 Å². The first-order valence-corrected chi connectivity index (χ1v) is 9.54. The number of likely N-dealkylation sites (N-methyl/N-ethyl adjacent to an activating group) is 1. The van der Waals surface area contributed by atoms with Gasteiger partial charge in [-0.3, -0.25) is 24.6 Å². The number of benzene rings is 2. The van der Waals surface area contributed by atoms with Crippen LogP contribution in [0.5, 0.6) is 0 Å². The quantitative estimate of drug-likeness (QED) is 0.473. The molecule has 29 heavy (non-hydrogen) atoms. The summed E-state index contributed by atoms with van der Waals surface area (Å²) in [6.45, 7) is 6.03. The van der Waals surface area contributed by atoms with E-state index in [2.05, 4.69) is 29.4 Å². The normalized spacial score (nSPS) is 11.7. The van der Waals surface area contributed by atoms with E-state index in [1.54, 1.807) is 0 Å². The monoisotopic (exact) mass is 398 g/mol. The first-order chi connectivity index (χ1) is 14.0. The molecule has 1 unspecified atom stereocenters. The third-order valence-electron chi connectivity index (χ3n) is 4.66. The van der Waals surface area contributed by atoms with Crippen LogP contribution in [-0.4, -0.2) is 47.8 Å². The molecular weight excluding hydrogens is 372 g/mol. The average molecular weight is 398 g/mol. The van der Waals surface area contributed by atoms with Gasteiger partial charge in [0.05, 0.1) is 17.5 Å². The Morgan fingerprint density at radius 2 is 1.72 bits per heavy atom. The SMILES string of the molecule is CCN(CC)C(CNC(=O)CNC(=O)c1cccc([N+](=O)[O-])c1)c1ccccc1. The maximum atomic E-state index is 12.2. The summed E-state index contributed by atoms with van der Waals surface area (Å²) in [5, 5.41) is 16.2. The van der Waals surface area contributed by atoms with Crippen LogP contribution in [0.25, 0.3) is 0 Å². The zero-order valence-corrected chi connectivity index (χ0v) is 16.6. The van der Waals surface area contributed by atoms with Gasteiger partial charge in [-0.15, -0.1) is 0 Å². The lowest BCUT2D eigenvalue weighted by Gasteiger charge is -2.30. The van der Waals surface area contributed by atoms with Crippen LogP contribution in [0.1, 0.15) is 35.8 Å². The van der Waals surface area contributed by atoms with Gasteiger partial charge < -0.3 is 10.6 Å². The lowest BCUT2D eigenvalue weighted by atomic mass is 10.1. The zero-order valence-electron chi connectivity index (χ0n) is 16.6. The van der Waals surface area contributed by atoms with E-state index in [1.165, 1.54) is 24.3 Å². The summed E-state index contributed by atoms with van der Waals surface area (Å²) in [4.78, 5) is 36.9. The third kappa shape index (κ3) is 6.39. The van der Waals surface area contributed by atoms with E-state index >= 15 is 0 Å². The Labute approximate surface area is 170 Å². The molecule has 8 heteroatoms. The van der Waals surface area contributed by atoms with Gasteiger partial charge in [0.15, 0.2) is 0 Å². The number of non-ortho nitro benzene ring substituents is 1. The molecule has 2 rings (SSSR count). The molecule has 0 aliphatic heterocycles. The highest BCUT2D eigenvalue weighted by Gasteiger charge is 2.19. The number of nitrogens with zero attached hydrogens (tertiary/aromatic N) is 2. The van der Waals surface area contributed by atoms with Gasteiger partial charge in [0.2, 0.25) is 5.91 Å². The molecule has 0 aliphatic rings. The van der Waals surface area contributed by atoms with Gasteiger partial charge in [0, 0.05) is 24.2 Å². The van der Waals surface area contributed by atoms with Gasteiger partial charge >= 0.3 is 0 Å². The molecule has 0 aliphatic carbocycles. The number of hydrogen-bond acceptors (Lipinski definition) is 5. The predicted octanol–water partition coefficient (Wildman–Crippen LogP) is 2.52. The Hall–Kier alpha value is -3.26. The number of amides is 2. The molecule has 2 aromatic rings. The number of nitro groups is 1. The molecule has 0 bridgehead atoms. The maximum Gasteiger partial charge on any atom is 0.270 e. The molecule has 0 spiro atoms. The largest absolute Gasteiger partial charge is 0.353 e. The highest BCUT2D eigenvalue weighted by atomic mass is 16.6. The third-order valence-corrected chi connectivity index (χ3v) is 4.66. The van der Waals surface area contributed by atoms with E-state index in [9.17, 15) is 19.7 Å². The van der Waals surface area contributed by atoms with Gasteiger partial charge in [-0.1, -0.05) is 50.2 Å². The highest BCUT2D eigenvalue weighted by Crippen LogP contribution is 2.19. The molecule has 0 saturated carbocycles. The second-order valence-electron chi connectivity index (χ2n) is 6.44. The molecular formula is C21H26N4O4. The van der Waals surface area contributed by atoms with E-state index in [0.717, 1.165) is 18.7 Å². The summed E-state index contributed by atoms with van der Waals surface area (Å²) in [6, 6.07) is 15.3. The predicted molar refractivity (Wildman–Crippen MR) is 111 cm³/mol. The minimum Gasteiger partial charge on any atom is -0.353 e. The van der Waals surface area contributed by atoms with Crippen LogP contribution < -0.4 is 10.6 Å². The minimum atomic E-state index is -0.569. The number of carbonyl (C=O) groups excluding carboxylic acids is 2. The molecule has 2 amide bonds. The van der Waals surface area contributed by atoms with E-state index < -0.39 is 10.8 Å². The lowest BCUT2D eigenvalue weighted by Crippen LogP contribution is -2.42. The first-order valence-electron chi connectivity index (χ1n) is 9.54. The van der Waals surface area contributed by atoms with Crippen LogP contribution in [0, 0.1) is 10.1 Å². The fraction of sp³-hybridized carbons (Fsp3) is 0.333. The molecule has 2 aromatic carbocycles. The van der Waals surface area contributed by atoms with Gasteiger partial charge in [-0.25, -0.2) is 0 Å². The Morgan fingerprint density at radius 1 is 1.03 bits per heavy atom. The van der Waals surface area contributed by atoms with E-state index in [1.807, 2.05) is 30.3 Å². The number of nitrogens with one attached hydrogen (secondary N) is 2. The van der Waals surface area contributed by atoms with Crippen molar-refractivity contribution in [3.8, 4) is 0 Å². The van der Waals surface area contributed by atoms with Crippen LogP contribution in [0.2, 0.25) is 0 Å². The Morgan fingerprint density at radius 3 is 2.34 bits per heavy atom. The summed E-state index contributed by atoms with van der Waals surface area (Å²) in [5.41, 5.74) is 1.07. The standard InChI is InChI=1S/C21H26N4O4/c1-3-24(4-2)19(16-9-6-5-7-10-16)14-22-20(26)15-23-21(27)17-11-8-12-18(13-17)25(28)29/h5-13,19H,3-4,14-15H2,1-2H3,(H,22,26)(H,23,27). The van der Waals surface area contributed by atoms with Gasteiger partial charge in [-0.05, 0) is 24.7 Å². The van der Waals surface area contributed by atoms with E-state index in [-0.39, 0.29) is 29.7 Å². The Balaban J connectivity index is 1.93. The van der Waals surface area contributed by atoms with Gasteiger partial charge in [0.1, 0.15) is 0 Å². The first kappa shape index (κ1) is 22.0. The zero-order chi connectivity index (χ0) is 21.2. The van der Waals surface area contributed by atoms with Crippen molar-refractivity contribution < 1.29 is 14.5 Å². The van der Waals surface area contributed by atoms with Crippen molar-refractivity contribution in [2.24, 2.45) is 0 Å². The van der Waals surface area contributed by atoms with Crippen LogP contribution >= 0.6 is 0 Å². The van der Waals surface area contributed by atoms with Crippen molar-refractivity contribution >= 4 is 17.5 Å². The minimum absolute atomic E-state index is 0.0302. The molecule has 1 atom stereocenters. The number of nitro benzene ring substituents is 1. The summed E-state index contributed by atoms with van der Waals surface area (Å²) < 4.78 is 0. The van der Waals surface area contributed by atoms with Gasteiger partial charge in [-0.2, -0.15) is 0 Å². The van der Waals surface area contributed by atoms with Crippen molar-refractivity contribution in [3.63, 3.8) is 0 Å². The summed E-state index contributed by atoms with van der Waals surface area (Å²) in [6.07, 6.45) is 0. The van der Waals surface area contributed by atoms with Gasteiger partial charge in [0.25, 0.3) is 11.6 Å². The summed E-state index contributed by atoms with van der Waals surface area (Å²) in [5.74, 6) is -0.857. The van der Waals surface area contributed by atoms with Crippen molar-refractivity contribution in [2.75, 3.05) is 26.2 Å². The fourth-order valence-corrected chi connectivity index (χ4v) is 3.09. The van der Waals surface area contributed by atoms with Crippen LogP contribution in [-0.2, 0) is 4.79 Å². The molecule has 0 fully saturated rings. The number of carbonyl (C=O) groups is 2. The van der Waals surface area contributed by atoms with E-state index in [4.69, 9.17) is 0 Å². The van der Waals surface area contributed by atoms with Crippen molar-refractivity contribution in [1.29, 1.82) is 0 Å². The molecule has 0 saturated heterocycles. The smallest absolute Gasteiger partial charge is 0.270 e. The van der Waals surface area contributed by atoms with Crippen molar-refractivity contribution in [1.82, 2.24) is 15.5 Å². The molecule has 0 radical (unpaired) electrons. The van der Waals surface area contributed by atoms with Crippen molar-refractivity contribution in [3.05, 3.63) is 75.8 Å². The second-order valence-corrected chi connectivity index (χ2v) is 6.44. The van der Waals surface area contributed by atoms with E-state index in [0.29, 0.717) is 6.54 Å². The average Bonchev–Trinajstić information content (AvgIpc) is 2.75. The Bertz CT molecular complexity index is 838. The molecule has 154 valence electrons. The summed E-state index contributed by atoms with van der Waals surface area (Å²) >= 11 is 0. The second kappa shape index (κ2) is 10.9. The number of rotatable bonds is 10. The summed E-state index contributed by atoms with van der Waals surface area (Å²) in [7, 11) is 0. The Kier molecular flexibility index (Phi) is 8.29. The number of hydrogen-bond donors (Lipinski definition) is 2. The fourth-order valence-electron chi connectivity index (χ4n) is 3.09. The molecule has 0 aromatic heterocycles. The molecule has 0 heterocycles. The topological polar surface area (TPSA) is 105 Å².